The molecule has 4 heteroatoms. The number of amides is 1. The summed E-state index contributed by atoms with van der Waals surface area (Å²) in [6, 6.07) is 14.7. The van der Waals surface area contributed by atoms with Crippen molar-refractivity contribution in [2.45, 2.75) is 39.0 Å². The van der Waals surface area contributed by atoms with Gasteiger partial charge in [0, 0.05) is 19.2 Å². The molecule has 26 heavy (non-hydrogen) atoms. The van der Waals surface area contributed by atoms with Gasteiger partial charge in [0.1, 0.15) is 0 Å². The molecule has 0 unspecified atom stereocenters. The van der Waals surface area contributed by atoms with E-state index in [4.69, 9.17) is 0 Å². The van der Waals surface area contributed by atoms with E-state index in [1.54, 1.807) is 38.2 Å². The highest BCUT2D eigenvalue weighted by molar-refractivity contribution is 5.92. The third-order valence-electron chi connectivity index (χ3n) is 4.82. The summed E-state index contributed by atoms with van der Waals surface area (Å²) in [5.41, 5.74) is 2.92. The predicted octanol–water partition coefficient (Wildman–Crippen LogP) is 5.10. The highest BCUT2D eigenvalue weighted by Gasteiger charge is 2.39. The number of rotatable bonds is 6. The average Bonchev–Trinajstić information content (AvgIpc) is 2.59. The van der Waals surface area contributed by atoms with Crippen molar-refractivity contribution in [1.29, 1.82) is 0 Å². The standard InChI is InChI=1S/C22H25F2NO/c1-15(2)25(5)21(26)22(4,19-8-6-7-16(3)13-19)18-11-9-17(10-12-18)14-20(23)24/h6-13,20H,1,14H2,2-5H3/t22-/m0/s1. The number of aryl methyl sites for hydroxylation is 1. The lowest BCUT2D eigenvalue weighted by Crippen LogP contribution is -2.43. The molecular weight excluding hydrogens is 332 g/mol. The lowest BCUT2D eigenvalue weighted by Gasteiger charge is -2.34. The fourth-order valence-electron chi connectivity index (χ4n) is 3.03. The molecule has 0 heterocycles. The van der Waals surface area contributed by atoms with Crippen molar-refractivity contribution in [3.05, 3.63) is 83.1 Å². The van der Waals surface area contributed by atoms with Crippen molar-refractivity contribution in [1.82, 2.24) is 4.90 Å². The molecule has 0 saturated carbocycles. The van der Waals surface area contributed by atoms with Crippen LogP contribution >= 0.6 is 0 Å². The second-order valence-corrected chi connectivity index (χ2v) is 6.89. The zero-order valence-electron chi connectivity index (χ0n) is 15.7. The summed E-state index contributed by atoms with van der Waals surface area (Å²) in [7, 11) is 1.70. The number of likely N-dealkylation sites (N-methyl/N-ethyl adjacent to an activating group) is 1. The Morgan fingerprint density at radius 2 is 1.77 bits per heavy atom. The van der Waals surface area contributed by atoms with E-state index in [0.29, 0.717) is 11.3 Å². The van der Waals surface area contributed by atoms with Gasteiger partial charge in [-0.15, -0.1) is 0 Å². The van der Waals surface area contributed by atoms with Crippen LogP contribution in [0, 0.1) is 6.92 Å². The van der Waals surface area contributed by atoms with Crippen LogP contribution in [0.25, 0.3) is 0 Å². The summed E-state index contributed by atoms with van der Waals surface area (Å²) >= 11 is 0. The average molecular weight is 357 g/mol. The predicted molar refractivity (Wildman–Crippen MR) is 101 cm³/mol. The fraction of sp³-hybridized carbons (Fsp3) is 0.318. The van der Waals surface area contributed by atoms with Crippen LogP contribution in [0.15, 0.2) is 60.8 Å². The van der Waals surface area contributed by atoms with Gasteiger partial charge in [-0.1, -0.05) is 60.7 Å². The minimum Gasteiger partial charge on any atom is -0.319 e. The van der Waals surface area contributed by atoms with Gasteiger partial charge in [-0.3, -0.25) is 4.79 Å². The maximum Gasteiger partial charge on any atom is 0.242 e. The van der Waals surface area contributed by atoms with Gasteiger partial charge in [-0.25, -0.2) is 8.78 Å². The molecule has 0 aromatic heterocycles. The molecule has 0 radical (unpaired) electrons. The maximum absolute atomic E-state index is 13.3. The zero-order chi connectivity index (χ0) is 19.5. The Balaban J connectivity index is 2.57. The molecule has 0 saturated heterocycles. The van der Waals surface area contributed by atoms with Gasteiger partial charge in [-0.2, -0.15) is 0 Å². The Morgan fingerprint density at radius 1 is 1.15 bits per heavy atom. The quantitative estimate of drug-likeness (QED) is 0.704. The smallest absolute Gasteiger partial charge is 0.242 e. The number of hydrogen-bond acceptors (Lipinski definition) is 1. The van der Waals surface area contributed by atoms with Crippen molar-refractivity contribution in [3.8, 4) is 0 Å². The zero-order valence-corrected chi connectivity index (χ0v) is 15.7. The second kappa shape index (κ2) is 7.81. The molecule has 2 nitrogen and oxygen atoms in total. The first-order valence-corrected chi connectivity index (χ1v) is 8.54. The van der Waals surface area contributed by atoms with Crippen LogP contribution in [-0.4, -0.2) is 24.3 Å². The molecule has 0 bridgehead atoms. The largest absolute Gasteiger partial charge is 0.319 e. The third kappa shape index (κ3) is 4.01. The van der Waals surface area contributed by atoms with Gasteiger partial charge in [0.2, 0.25) is 12.3 Å². The van der Waals surface area contributed by atoms with Crippen molar-refractivity contribution >= 4 is 5.91 Å². The maximum atomic E-state index is 13.3. The Morgan fingerprint density at radius 3 is 2.27 bits per heavy atom. The van der Waals surface area contributed by atoms with Crippen LogP contribution in [0.4, 0.5) is 8.78 Å². The van der Waals surface area contributed by atoms with E-state index in [1.165, 1.54) is 4.90 Å². The Labute approximate surface area is 154 Å². The Kier molecular flexibility index (Phi) is 5.96. The number of halogens is 2. The van der Waals surface area contributed by atoms with E-state index >= 15 is 0 Å². The highest BCUT2D eigenvalue weighted by Crippen LogP contribution is 2.35. The van der Waals surface area contributed by atoms with E-state index in [-0.39, 0.29) is 12.3 Å². The number of alkyl halides is 2. The first kappa shape index (κ1) is 19.8. The molecule has 138 valence electrons. The molecule has 0 aliphatic heterocycles. The number of carbonyl (C=O) groups excluding carboxylic acids is 1. The van der Waals surface area contributed by atoms with Gasteiger partial charge in [0.05, 0.1) is 5.41 Å². The summed E-state index contributed by atoms with van der Waals surface area (Å²) in [4.78, 5) is 14.9. The summed E-state index contributed by atoms with van der Waals surface area (Å²) in [5, 5.41) is 0. The van der Waals surface area contributed by atoms with Crippen LogP contribution in [0.5, 0.6) is 0 Å². The molecule has 0 spiro atoms. The van der Waals surface area contributed by atoms with Crippen LogP contribution in [0.2, 0.25) is 0 Å². The molecule has 0 aliphatic rings. The van der Waals surface area contributed by atoms with E-state index < -0.39 is 11.8 Å². The molecule has 2 rings (SSSR count). The summed E-state index contributed by atoms with van der Waals surface area (Å²) in [6.45, 7) is 9.48. The highest BCUT2D eigenvalue weighted by atomic mass is 19.3. The van der Waals surface area contributed by atoms with E-state index in [1.807, 2.05) is 38.1 Å². The van der Waals surface area contributed by atoms with E-state index in [2.05, 4.69) is 6.58 Å². The van der Waals surface area contributed by atoms with E-state index in [9.17, 15) is 13.6 Å². The van der Waals surface area contributed by atoms with Crippen molar-refractivity contribution in [2.75, 3.05) is 7.05 Å². The minimum atomic E-state index is -2.39. The minimum absolute atomic E-state index is 0.114. The Hall–Kier alpha value is -2.49. The number of allylic oxidation sites excluding steroid dienone is 1. The van der Waals surface area contributed by atoms with Gasteiger partial charge in [0.25, 0.3) is 0 Å². The monoisotopic (exact) mass is 357 g/mol. The summed E-state index contributed by atoms with van der Waals surface area (Å²) < 4.78 is 25.2. The number of hydrogen-bond donors (Lipinski definition) is 0. The topological polar surface area (TPSA) is 20.3 Å². The summed E-state index contributed by atoms with van der Waals surface area (Å²) in [6.07, 6.45) is -2.68. The van der Waals surface area contributed by atoms with Crippen LogP contribution in [-0.2, 0) is 16.6 Å². The van der Waals surface area contributed by atoms with E-state index in [0.717, 1.165) is 16.7 Å². The van der Waals surface area contributed by atoms with Crippen LogP contribution in [0.1, 0.15) is 36.1 Å². The van der Waals surface area contributed by atoms with Crippen LogP contribution < -0.4 is 0 Å². The molecule has 2 aromatic carbocycles. The molecular formula is C22H25F2NO. The molecule has 0 N–H and O–H groups in total. The molecule has 0 fully saturated rings. The first-order chi connectivity index (χ1) is 12.2. The number of nitrogens with zero attached hydrogens (tertiary/aromatic N) is 1. The van der Waals surface area contributed by atoms with Crippen molar-refractivity contribution in [2.24, 2.45) is 0 Å². The number of benzene rings is 2. The molecule has 2 aromatic rings. The van der Waals surface area contributed by atoms with Crippen molar-refractivity contribution in [3.63, 3.8) is 0 Å². The van der Waals surface area contributed by atoms with Gasteiger partial charge < -0.3 is 4.90 Å². The molecule has 1 amide bonds. The normalized spacial score (nSPS) is 13.3. The fourth-order valence-corrected chi connectivity index (χ4v) is 3.03. The lowest BCUT2D eigenvalue weighted by atomic mass is 9.74. The molecule has 1 atom stereocenters. The molecule has 0 aliphatic carbocycles. The second-order valence-electron chi connectivity index (χ2n) is 6.89. The SMILES string of the molecule is C=C(C)N(C)C(=O)[C@@](C)(c1ccc(CC(F)F)cc1)c1cccc(C)c1. The van der Waals surface area contributed by atoms with Gasteiger partial charge in [0.15, 0.2) is 0 Å². The first-order valence-electron chi connectivity index (χ1n) is 8.54. The van der Waals surface area contributed by atoms with Crippen LogP contribution in [0.3, 0.4) is 0 Å². The summed E-state index contributed by atoms with van der Waals surface area (Å²) in [5.74, 6) is -0.114. The van der Waals surface area contributed by atoms with Crippen molar-refractivity contribution < 1.29 is 13.6 Å². The van der Waals surface area contributed by atoms with Gasteiger partial charge >= 0.3 is 0 Å². The lowest BCUT2D eigenvalue weighted by molar-refractivity contribution is -0.132. The third-order valence-corrected chi connectivity index (χ3v) is 4.82. The number of carbonyl (C=O) groups is 1. The Bertz CT molecular complexity index is 798. The van der Waals surface area contributed by atoms with Gasteiger partial charge in [-0.05, 0) is 37.5 Å².